The van der Waals surface area contributed by atoms with Crippen molar-refractivity contribution in [3.63, 3.8) is 0 Å². The van der Waals surface area contributed by atoms with E-state index < -0.39 is 0 Å². The molecule has 1 aromatic heterocycles. The Morgan fingerprint density at radius 1 is 1.17 bits per heavy atom. The Bertz CT molecular complexity index is 521. The number of nitrogens with zero attached hydrogens (tertiary/aromatic N) is 4. The molecule has 0 saturated carbocycles. The average Bonchev–Trinajstić information content (AvgIpc) is 2.73. The standard InChI is InChI=1S/C13H19N5/c1-5-14-8-12-15-16-17-18(12)13-10(3)6-9(2)7-11(13)4/h6-7,14H,5,8H2,1-4H3. The van der Waals surface area contributed by atoms with Gasteiger partial charge in [0.1, 0.15) is 0 Å². The lowest BCUT2D eigenvalue weighted by atomic mass is 10.1. The van der Waals surface area contributed by atoms with Crippen LogP contribution in [0.25, 0.3) is 5.69 Å². The van der Waals surface area contributed by atoms with E-state index in [0.29, 0.717) is 6.54 Å². The SMILES string of the molecule is CCNCc1nnnn1-c1c(C)cc(C)cc1C. The van der Waals surface area contributed by atoms with Gasteiger partial charge in [0, 0.05) is 0 Å². The van der Waals surface area contributed by atoms with Crippen molar-refractivity contribution in [2.45, 2.75) is 34.2 Å². The van der Waals surface area contributed by atoms with Crippen molar-refractivity contribution >= 4 is 0 Å². The molecule has 0 fully saturated rings. The van der Waals surface area contributed by atoms with Crippen LogP contribution < -0.4 is 5.32 Å². The molecule has 0 atom stereocenters. The Labute approximate surface area is 107 Å². The predicted octanol–water partition coefficient (Wildman–Crippen LogP) is 1.70. The van der Waals surface area contributed by atoms with Gasteiger partial charge in [-0.2, -0.15) is 4.68 Å². The van der Waals surface area contributed by atoms with Crippen molar-refractivity contribution in [1.29, 1.82) is 0 Å². The summed E-state index contributed by atoms with van der Waals surface area (Å²) in [5.74, 6) is 0.840. The van der Waals surface area contributed by atoms with E-state index in [0.717, 1.165) is 18.1 Å². The zero-order valence-electron chi connectivity index (χ0n) is 11.4. The first kappa shape index (κ1) is 12.7. The maximum absolute atomic E-state index is 4.11. The summed E-state index contributed by atoms with van der Waals surface area (Å²) in [5, 5.41) is 15.2. The van der Waals surface area contributed by atoms with E-state index in [4.69, 9.17) is 0 Å². The van der Waals surface area contributed by atoms with Gasteiger partial charge < -0.3 is 5.32 Å². The van der Waals surface area contributed by atoms with Crippen molar-refractivity contribution in [3.8, 4) is 5.69 Å². The third kappa shape index (κ3) is 2.41. The van der Waals surface area contributed by atoms with Crippen LogP contribution in [0, 0.1) is 20.8 Å². The lowest BCUT2D eigenvalue weighted by molar-refractivity contribution is 0.661. The van der Waals surface area contributed by atoms with Gasteiger partial charge in [-0.1, -0.05) is 24.6 Å². The quantitative estimate of drug-likeness (QED) is 0.890. The molecule has 0 amide bonds. The van der Waals surface area contributed by atoms with E-state index in [-0.39, 0.29) is 0 Å². The molecule has 96 valence electrons. The van der Waals surface area contributed by atoms with Gasteiger partial charge >= 0.3 is 0 Å². The molecule has 2 aromatic rings. The smallest absolute Gasteiger partial charge is 0.170 e. The number of benzene rings is 1. The van der Waals surface area contributed by atoms with Crippen molar-refractivity contribution in [2.24, 2.45) is 0 Å². The number of tetrazole rings is 1. The zero-order chi connectivity index (χ0) is 13.1. The highest BCUT2D eigenvalue weighted by Crippen LogP contribution is 2.20. The molecular weight excluding hydrogens is 226 g/mol. The normalized spacial score (nSPS) is 10.9. The Hall–Kier alpha value is -1.75. The van der Waals surface area contributed by atoms with Gasteiger partial charge in [-0.15, -0.1) is 5.10 Å². The Morgan fingerprint density at radius 3 is 2.44 bits per heavy atom. The first-order valence-corrected chi connectivity index (χ1v) is 6.19. The number of hydrogen-bond acceptors (Lipinski definition) is 4. The molecule has 0 spiro atoms. The van der Waals surface area contributed by atoms with Crippen molar-refractivity contribution in [2.75, 3.05) is 6.54 Å². The van der Waals surface area contributed by atoms with Gasteiger partial charge in [-0.25, -0.2) is 0 Å². The molecule has 0 bridgehead atoms. The third-order valence-corrected chi connectivity index (χ3v) is 2.91. The highest BCUT2D eigenvalue weighted by Gasteiger charge is 2.12. The maximum atomic E-state index is 4.11. The molecule has 0 aliphatic carbocycles. The summed E-state index contributed by atoms with van der Waals surface area (Å²) < 4.78 is 1.83. The second kappa shape index (κ2) is 5.27. The molecule has 0 aliphatic rings. The van der Waals surface area contributed by atoms with Crippen LogP contribution in [0.4, 0.5) is 0 Å². The fourth-order valence-corrected chi connectivity index (χ4v) is 2.23. The number of aromatic nitrogens is 4. The highest BCUT2D eigenvalue weighted by atomic mass is 15.5. The van der Waals surface area contributed by atoms with Crippen LogP contribution in [0.3, 0.4) is 0 Å². The van der Waals surface area contributed by atoms with Crippen LogP contribution in [0.2, 0.25) is 0 Å². The Morgan fingerprint density at radius 2 is 1.83 bits per heavy atom. The predicted molar refractivity (Wildman–Crippen MR) is 70.7 cm³/mol. The lowest BCUT2D eigenvalue weighted by Gasteiger charge is -2.12. The number of aryl methyl sites for hydroxylation is 3. The third-order valence-electron chi connectivity index (χ3n) is 2.91. The van der Waals surface area contributed by atoms with Crippen molar-refractivity contribution in [3.05, 3.63) is 34.6 Å². The lowest BCUT2D eigenvalue weighted by Crippen LogP contribution is -2.17. The molecule has 0 radical (unpaired) electrons. The summed E-state index contributed by atoms with van der Waals surface area (Å²) in [4.78, 5) is 0. The summed E-state index contributed by atoms with van der Waals surface area (Å²) in [5.41, 5.74) is 4.73. The van der Waals surface area contributed by atoms with E-state index in [1.165, 1.54) is 16.7 Å². The number of nitrogens with one attached hydrogen (secondary N) is 1. The molecule has 5 nitrogen and oxygen atoms in total. The van der Waals surface area contributed by atoms with Gasteiger partial charge in [0.25, 0.3) is 0 Å². The van der Waals surface area contributed by atoms with E-state index >= 15 is 0 Å². The van der Waals surface area contributed by atoms with Gasteiger partial charge in [-0.05, 0) is 48.9 Å². The highest BCUT2D eigenvalue weighted by molar-refractivity contribution is 5.48. The minimum atomic E-state index is 0.677. The molecule has 1 N–H and O–H groups in total. The zero-order valence-corrected chi connectivity index (χ0v) is 11.4. The molecule has 0 aliphatic heterocycles. The van der Waals surface area contributed by atoms with Crippen molar-refractivity contribution in [1.82, 2.24) is 25.5 Å². The molecule has 0 unspecified atom stereocenters. The second-order valence-corrected chi connectivity index (χ2v) is 4.53. The van der Waals surface area contributed by atoms with E-state index in [1.807, 2.05) is 4.68 Å². The fourth-order valence-electron chi connectivity index (χ4n) is 2.23. The van der Waals surface area contributed by atoms with Gasteiger partial charge in [-0.3, -0.25) is 0 Å². The molecule has 5 heteroatoms. The Kier molecular flexibility index (Phi) is 3.72. The minimum Gasteiger partial charge on any atom is -0.310 e. The van der Waals surface area contributed by atoms with Crippen LogP contribution >= 0.6 is 0 Å². The average molecular weight is 245 g/mol. The van der Waals surface area contributed by atoms with Gasteiger partial charge in [0.05, 0.1) is 12.2 Å². The molecular formula is C13H19N5. The van der Waals surface area contributed by atoms with Gasteiger partial charge in [0.2, 0.25) is 0 Å². The first-order valence-electron chi connectivity index (χ1n) is 6.19. The summed E-state index contributed by atoms with van der Waals surface area (Å²) in [6, 6.07) is 4.31. The van der Waals surface area contributed by atoms with Gasteiger partial charge in [0.15, 0.2) is 5.82 Å². The summed E-state index contributed by atoms with van der Waals surface area (Å²) >= 11 is 0. The van der Waals surface area contributed by atoms with E-state index in [1.54, 1.807) is 0 Å². The van der Waals surface area contributed by atoms with E-state index in [2.05, 4.69) is 60.7 Å². The van der Waals surface area contributed by atoms with Crippen LogP contribution in [0.15, 0.2) is 12.1 Å². The molecule has 0 saturated heterocycles. The summed E-state index contributed by atoms with van der Waals surface area (Å²) in [6.45, 7) is 9.93. The maximum Gasteiger partial charge on any atom is 0.170 e. The summed E-state index contributed by atoms with van der Waals surface area (Å²) in [6.07, 6.45) is 0. The molecule has 2 rings (SSSR count). The van der Waals surface area contributed by atoms with E-state index in [9.17, 15) is 0 Å². The minimum absolute atomic E-state index is 0.677. The monoisotopic (exact) mass is 245 g/mol. The van der Waals surface area contributed by atoms with Crippen LogP contribution in [0.5, 0.6) is 0 Å². The largest absolute Gasteiger partial charge is 0.310 e. The van der Waals surface area contributed by atoms with Crippen LogP contribution in [-0.2, 0) is 6.54 Å². The summed E-state index contributed by atoms with van der Waals surface area (Å²) in [7, 11) is 0. The first-order chi connectivity index (χ1) is 8.63. The second-order valence-electron chi connectivity index (χ2n) is 4.53. The Balaban J connectivity index is 2.46. The van der Waals surface area contributed by atoms with Crippen LogP contribution in [0.1, 0.15) is 29.4 Å². The number of rotatable bonds is 4. The fraction of sp³-hybridized carbons (Fsp3) is 0.462. The molecule has 1 aromatic carbocycles. The van der Waals surface area contributed by atoms with Crippen LogP contribution in [-0.4, -0.2) is 26.8 Å². The topological polar surface area (TPSA) is 55.6 Å². The molecule has 1 heterocycles. The number of hydrogen-bond donors (Lipinski definition) is 1. The van der Waals surface area contributed by atoms with Crippen molar-refractivity contribution < 1.29 is 0 Å². The molecule has 18 heavy (non-hydrogen) atoms.